The van der Waals surface area contributed by atoms with Crippen molar-refractivity contribution in [3.8, 4) is 5.69 Å². The lowest BCUT2D eigenvalue weighted by Gasteiger charge is -2.21. The number of para-hydroxylation sites is 1. The largest absolute Gasteiger partial charge is 0.371 e. The van der Waals surface area contributed by atoms with Gasteiger partial charge in [-0.25, -0.2) is 9.97 Å². The molecule has 0 radical (unpaired) electrons. The van der Waals surface area contributed by atoms with E-state index in [4.69, 9.17) is 11.6 Å². The van der Waals surface area contributed by atoms with Crippen molar-refractivity contribution in [2.45, 2.75) is 13.0 Å². The number of rotatable bonds is 5. The molecular formula is C23H20ClN5O2. The van der Waals surface area contributed by atoms with Crippen molar-refractivity contribution < 1.29 is 4.79 Å². The molecule has 1 amide bonds. The van der Waals surface area contributed by atoms with Crippen LogP contribution in [0.1, 0.15) is 29.1 Å². The van der Waals surface area contributed by atoms with E-state index < -0.39 is 11.9 Å². The van der Waals surface area contributed by atoms with Crippen LogP contribution in [0.15, 0.2) is 71.8 Å². The molecule has 0 aliphatic carbocycles. The Labute approximate surface area is 183 Å². The lowest BCUT2D eigenvalue weighted by atomic mass is 10.1. The van der Waals surface area contributed by atoms with Crippen LogP contribution < -0.4 is 16.2 Å². The summed E-state index contributed by atoms with van der Waals surface area (Å²) in [4.78, 5) is 34.6. The summed E-state index contributed by atoms with van der Waals surface area (Å²) in [7, 11) is 1.67. The number of benzene rings is 2. The lowest BCUT2D eigenvalue weighted by molar-refractivity contribution is 0.0934. The number of pyridine rings is 1. The Kier molecular flexibility index (Phi) is 5.68. The van der Waals surface area contributed by atoms with Crippen molar-refractivity contribution in [1.29, 1.82) is 0 Å². The summed E-state index contributed by atoms with van der Waals surface area (Å²) in [6, 6.07) is 15.9. The molecular weight excluding hydrogens is 414 g/mol. The molecule has 4 aromatic rings. The van der Waals surface area contributed by atoms with E-state index in [2.05, 4.69) is 20.6 Å². The summed E-state index contributed by atoms with van der Waals surface area (Å²) in [5.74, 6) is -0.0267. The molecule has 2 N–H and O–H groups in total. The summed E-state index contributed by atoms with van der Waals surface area (Å²) in [5.41, 5.74) is 1.23. The van der Waals surface area contributed by atoms with Crippen molar-refractivity contribution in [3.05, 3.63) is 93.8 Å². The van der Waals surface area contributed by atoms with E-state index in [1.165, 1.54) is 12.4 Å². The zero-order valence-corrected chi connectivity index (χ0v) is 17.7. The Morgan fingerprint density at radius 2 is 1.81 bits per heavy atom. The van der Waals surface area contributed by atoms with E-state index in [0.29, 0.717) is 33.0 Å². The maximum absolute atomic E-state index is 13.5. The number of hydrogen-bond donors (Lipinski definition) is 2. The van der Waals surface area contributed by atoms with E-state index >= 15 is 0 Å². The number of fused-ring (bicyclic) bond motifs is 1. The first-order valence-corrected chi connectivity index (χ1v) is 10.1. The molecule has 1 atom stereocenters. The van der Waals surface area contributed by atoms with Gasteiger partial charge in [0.2, 0.25) is 0 Å². The van der Waals surface area contributed by atoms with Gasteiger partial charge in [-0.3, -0.25) is 14.2 Å². The van der Waals surface area contributed by atoms with Crippen LogP contribution in [-0.2, 0) is 0 Å². The summed E-state index contributed by atoms with van der Waals surface area (Å²) in [5, 5.41) is 7.31. The highest BCUT2D eigenvalue weighted by molar-refractivity contribution is 6.35. The summed E-state index contributed by atoms with van der Waals surface area (Å²) < 4.78 is 1.58. The van der Waals surface area contributed by atoms with E-state index in [-0.39, 0.29) is 11.3 Å². The topological polar surface area (TPSA) is 88.9 Å². The third-order valence-corrected chi connectivity index (χ3v) is 5.30. The van der Waals surface area contributed by atoms with Gasteiger partial charge < -0.3 is 10.6 Å². The number of aromatic nitrogens is 3. The third-order valence-electron chi connectivity index (χ3n) is 4.98. The Morgan fingerprint density at radius 1 is 1.06 bits per heavy atom. The second-order valence-electron chi connectivity index (χ2n) is 6.95. The molecule has 0 aliphatic heterocycles. The van der Waals surface area contributed by atoms with E-state index in [9.17, 15) is 9.59 Å². The second-order valence-corrected chi connectivity index (χ2v) is 7.36. The number of carbonyl (C=O) groups is 1. The van der Waals surface area contributed by atoms with Gasteiger partial charge in [0.15, 0.2) is 11.5 Å². The van der Waals surface area contributed by atoms with Crippen LogP contribution in [0.25, 0.3) is 16.5 Å². The molecule has 0 saturated heterocycles. The van der Waals surface area contributed by atoms with Crippen LogP contribution >= 0.6 is 11.6 Å². The van der Waals surface area contributed by atoms with E-state index in [1.54, 1.807) is 23.7 Å². The van der Waals surface area contributed by atoms with Crippen LogP contribution in [0, 0.1) is 0 Å². The van der Waals surface area contributed by atoms with Crippen molar-refractivity contribution in [2.24, 2.45) is 0 Å². The van der Waals surface area contributed by atoms with Gasteiger partial charge in [-0.15, -0.1) is 0 Å². The highest BCUT2D eigenvalue weighted by atomic mass is 35.5. The highest BCUT2D eigenvalue weighted by Gasteiger charge is 2.21. The monoisotopic (exact) mass is 433 g/mol. The number of nitrogens with zero attached hydrogens (tertiary/aromatic N) is 3. The van der Waals surface area contributed by atoms with Crippen LogP contribution in [0.5, 0.6) is 0 Å². The molecule has 0 fully saturated rings. The van der Waals surface area contributed by atoms with Gasteiger partial charge in [-0.05, 0) is 36.6 Å². The minimum Gasteiger partial charge on any atom is -0.371 e. The molecule has 156 valence electrons. The SMILES string of the molecule is CNc1nccnc1C(=O)NC(C)c1cc2cccc(Cl)c2c(=O)n1-c1ccccc1. The average Bonchev–Trinajstić information content (AvgIpc) is 2.79. The Morgan fingerprint density at radius 3 is 2.55 bits per heavy atom. The van der Waals surface area contributed by atoms with E-state index in [0.717, 1.165) is 0 Å². The number of amides is 1. The van der Waals surface area contributed by atoms with Gasteiger partial charge in [-0.2, -0.15) is 0 Å². The zero-order chi connectivity index (χ0) is 22.0. The molecule has 0 aliphatic rings. The third kappa shape index (κ3) is 3.87. The quantitative estimate of drug-likeness (QED) is 0.497. The van der Waals surface area contributed by atoms with E-state index in [1.807, 2.05) is 49.4 Å². The van der Waals surface area contributed by atoms with Crippen LogP contribution in [0.3, 0.4) is 0 Å². The molecule has 31 heavy (non-hydrogen) atoms. The summed E-state index contributed by atoms with van der Waals surface area (Å²) >= 11 is 6.35. The summed E-state index contributed by atoms with van der Waals surface area (Å²) in [6.45, 7) is 1.82. The maximum Gasteiger partial charge on any atom is 0.274 e. The standard InChI is InChI=1S/C23H20ClN5O2/c1-14(28-22(30)20-21(25-2)27-12-11-26-20)18-13-15-7-6-10-17(24)19(15)23(31)29(18)16-8-4-3-5-9-16/h3-14H,1-2H3,(H,25,27)(H,28,30). The normalized spacial score (nSPS) is 11.8. The highest BCUT2D eigenvalue weighted by Crippen LogP contribution is 2.25. The van der Waals surface area contributed by atoms with Gasteiger partial charge in [0.25, 0.3) is 11.5 Å². The predicted octanol–water partition coefficient (Wildman–Crippen LogP) is 3.97. The van der Waals surface area contributed by atoms with Gasteiger partial charge in [0.1, 0.15) is 0 Å². The molecule has 0 spiro atoms. The molecule has 0 bridgehead atoms. The molecule has 4 rings (SSSR count). The number of anilines is 1. The molecule has 2 heterocycles. The Balaban J connectivity index is 1.84. The fourth-order valence-corrected chi connectivity index (χ4v) is 3.79. The second kappa shape index (κ2) is 8.57. The number of nitrogens with one attached hydrogen (secondary N) is 2. The van der Waals surface area contributed by atoms with Gasteiger partial charge >= 0.3 is 0 Å². The van der Waals surface area contributed by atoms with Crippen LogP contribution in [0.4, 0.5) is 5.82 Å². The lowest BCUT2D eigenvalue weighted by Crippen LogP contribution is -2.33. The predicted molar refractivity (Wildman–Crippen MR) is 122 cm³/mol. The van der Waals surface area contributed by atoms with Gasteiger partial charge in [0, 0.05) is 30.8 Å². The first kappa shape index (κ1) is 20.6. The number of hydrogen-bond acceptors (Lipinski definition) is 5. The molecule has 0 saturated carbocycles. The minimum absolute atomic E-state index is 0.175. The zero-order valence-electron chi connectivity index (χ0n) is 17.0. The molecule has 8 heteroatoms. The number of carbonyl (C=O) groups excluding carboxylic acids is 1. The Hall–Kier alpha value is -3.71. The smallest absolute Gasteiger partial charge is 0.274 e. The fraction of sp³-hybridized carbons (Fsp3) is 0.130. The van der Waals surface area contributed by atoms with Gasteiger partial charge in [0.05, 0.1) is 16.5 Å². The first-order valence-electron chi connectivity index (χ1n) is 9.70. The molecule has 1 unspecified atom stereocenters. The molecule has 2 aromatic carbocycles. The average molecular weight is 434 g/mol. The number of halogens is 1. The molecule has 2 aromatic heterocycles. The van der Waals surface area contributed by atoms with Crippen molar-refractivity contribution in [3.63, 3.8) is 0 Å². The van der Waals surface area contributed by atoms with Crippen molar-refractivity contribution >= 4 is 34.1 Å². The van der Waals surface area contributed by atoms with Crippen LogP contribution in [-0.4, -0.2) is 27.5 Å². The summed E-state index contributed by atoms with van der Waals surface area (Å²) in [6.07, 6.45) is 2.96. The van der Waals surface area contributed by atoms with Crippen LogP contribution in [0.2, 0.25) is 5.02 Å². The molecule has 7 nitrogen and oxygen atoms in total. The van der Waals surface area contributed by atoms with Crippen molar-refractivity contribution in [1.82, 2.24) is 19.9 Å². The minimum atomic E-state index is -0.504. The van der Waals surface area contributed by atoms with Crippen molar-refractivity contribution in [2.75, 3.05) is 12.4 Å². The maximum atomic E-state index is 13.5. The van der Waals surface area contributed by atoms with Gasteiger partial charge in [-0.1, -0.05) is 41.9 Å². The Bertz CT molecular complexity index is 1320. The first-order chi connectivity index (χ1) is 15.0. The fourth-order valence-electron chi connectivity index (χ4n) is 3.53.